The van der Waals surface area contributed by atoms with Gasteiger partial charge in [0.15, 0.2) is 6.61 Å². The maximum Gasteiger partial charge on any atom is 0.336 e. The minimum Gasteiger partial charge on any atom is -0.484 e. The Morgan fingerprint density at radius 1 is 0.885 bits per heavy atom. The third-order valence-electron chi connectivity index (χ3n) is 4.00. The first-order valence-corrected chi connectivity index (χ1v) is 8.13. The number of hydrogen-bond donors (Lipinski definition) is 1. The molecule has 1 N–H and O–H groups in total. The number of nitrogens with one attached hydrogen (secondary N) is 1. The number of benzene rings is 3. The van der Waals surface area contributed by atoms with Crippen molar-refractivity contribution >= 4 is 33.3 Å². The van der Waals surface area contributed by atoms with Crippen molar-refractivity contribution < 1.29 is 13.9 Å². The summed E-state index contributed by atoms with van der Waals surface area (Å²) < 4.78 is 10.6. The Labute approximate surface area is 148 Å². The molecule has 128 valence electrons. The van der Waals surface area contributed by atoms with E-state index in [1.807, 2.05) is 42.5 Å². The van der Waals surface area contributed by atoms with Gasteiger partial charge >= 0.3 is 5.63 Å². The minimum absolute atomic E-state index is 0.143. The number of carbonyl (C=O) groups excluding carboxylic acids is 1. The van der Waals surface area contributed by atoms with Crippen molar-refractivity contribution in [3.63, 3.8) is 0 Å². The van der Waals surface area contributed by atoms with Gasteiger partial charge in [-0.2, -0.15) is 0 Å². The van der Waals surface area contributed by atoms with Crippen molar-refractivity contribution in [1.29, 1.82) is 0 Å². The first-order valence-electron chi connectivity index (χ1n) is 8.13. The zero-order chi connectivity index (χ0) is 17.9. The number of fused-ring (bicyclic) bond motifs is 2. The van der Waals surface area contributed by atoms with Crippen LogP contribution in [0.3, 0.4) is 0 Å². The van der Waals surface area contributed by atoms with Crippen molar-refractivity contribution in [3.05, 3.63) is 83.2 Å². The summed E-state index contributed by atoms with van der Waals surface area (Å²) in [5.74, 6) is 0.190. The van der Waals surface area contributed by atoms with Gasteiger partial charge in [0.05, 0.1) is 0 Å². The van der Waals surface area contributed by atoms with Crippen LogP contribution in [-0.4, -0.2) is 12.5 Å². The van der Waals surface area contributed by atoms with E-state index >= 15 is 0 Å². The molecule has 0 fully saturated rings. The molecular formula is C21H15NO4. The molecule has 0 spiro atoms. The Morgan fingerprint density at radius 3 is 2.54 bits per heavy atom. The van der Waals surface area contributed by atoms with E-state index in [1.54, 1.807) is 24.3 Å². The molecule has 5 nitrogen and oxygen atoms in total. The number of ether oxygens (including phenoxy) is 1. The average Bonchev–Trinajstić information content (AvgIpc) is 2.66. The molecule has 1 aromatic heterocycles. The summed E-state index contributed by atoms with van der Waals surface area (Å²) in [7, 11) is 0. The molecular weight excluding hydrogens is 330 g/mol. The fraction of sp³-hybridized carbons (Fsp3) is 0.0476. The number of amides is 1. The van der Waals surface area contributed by atoms with Gasteiger partial charge in [0.2, 0.25) is 0 Å². The predicted octanol–water partition coefficient (Wildman–Crippen LogP) is 3.96. The average molecular weight is 345 g/mol. The molecule has 0 radical (unpaired) electrons. The quantitative estimate of drug-likeness (QED) is 0.568. The molecule has 5 heteroatoms. The predicted molar refractivity (Wildman–Crippen MR) is 101 cm³/mol. The topological polar surface area (TPSA) is 68.5 Å². The van der Waals surface area contributed by atoms with Gasteiger partial charge in [-0.05, 0) is 41.1 Å². The van der Waals surface area contributed by atoms with E-state index in [1.165, 1.54) is 6.07 Å². The molecule has 0 atom stereocenters. The van der Waals surface area contributed by atoms with Crippen LogP contribution in [-0.2, 0) is 4.79 Å². The number of rotatable bonds is 4. The fourth-order valence-electron chi connectivity index (χ4n) is 2.74. The van der Waals surface area contributed by atoms with Crippen molar-refractivity contribution in [1.82, 2.24) is 0 Å². The van der Waals surface area contributed by atoms with Crippen molar-refractivity contribution in [3.8, 4) is 5.75 Å². The molecule has 26 heavy (non-hydrogen) atoms. The summed E-state index contributed by atoms with van der Waals surface area (Å²) in [6.45, 7) is -0.143. The Hall–Kier alpha value is -3.60. The molecule has 0 aliphatic rings. The van der Waals surface area contributed by atoms with Crippen LogP contribution in [0.1, 0.15) is 0 Å². The van der Waals surface area contributed by atoms with Crippen LogP contribution in [0.5, 0.6) is 5.75 Å². The van der Waals surface area contributed by atoms with Crippen molar-refractivity contribution in [2.24, 2.45) is 0 Å². The van der Waals surface area contributed by atoms with Gasteiger partial charge in [-0.15, -0.1) is 0 Å². The number of carbonyl (C=O) groups is 1. The van der Waals surface area contributed by atoms with Gasteiger partial charge in [-0.1, -0.05) is 30.3 Å². The molecule has 0 aliphatic carbocycles. The third kappa shape index (κ3) is 3.42. The SMILES string of the molecule is O=C(COc1ccc2ccc(=O)oc2c1)Nc1ccc2ccccc2c1. The molecule has 3 aromatic carbocycles. The van der Waals surface area contributed by atoms with E-state index in [0.29, 0.717) is 17.0 Å². The third-order valence-corrected chi connectivity index (χ3v) is 4.00. The van der Waals surface area contributed by atoms with Crippen LogP contribution < -0.4 is 15.7 Å². The van der Waals surface area contributed by atoms with Crippen LogP contribution in [0.2, 0.25) is 0 Å². The second kappa shape index (κ2) is 6.72. The Morgan fingerprint density at radius 2 is 1.65 bits per heavy atom. The maximum absolute atomic E-state index is 12.1. The summed E-state index contributed by atoms with van der Waals surface area (Å²) in [6.07, 6.45) is 0. The zero-order valence-electron chi connectivity index (χ0n) is 13.8. The molecule has 4 rings (SSSR count). The highest BCUT2D eigenvalue weighted by molar-refractivity contribution is 5.95. The first kappa shape index (κ1) is 15.9. The van der Waals surface area contributed by atoms with Gasteiger partial charge in [-0.25, -0.2) is 4.79 Å². The molecule has 0 unspecified atom stereocenters. The summed E-state index contributed by atoms with van der Waals surface area (Å²) in [5, 5.41) is 5.76. The zero-order valence-corrected chi connectivity index (χ0v) is 13.8. The van der Waals surface area contributed by atoms with Crippen LogP contribution >= 0.6 is 0 Å². The summed E-state index contributed by atoms with van der Waals surface area (Å²) in [4.78, 5) is 23.4. The molecule has 4 aromatic rings. The largest absolute Gasteiger partial charge is 0.484 e. The molecule has 0 aliphatic heterocycles. The molecule has 1 heterocycles. The highest BCUT2D eigenvalue weighted by atomic mass is 16.5. The summed E-state index contributed by atoms with van der Waals surface area (Å²) >= 11 is 0. The highest BCUT2D eigenvalue weighted by Gasteiger charge is 2.06. The second-order valence-corrected chi connectivity index (χ2v) is 5.85. The lowest BCUT2D eigenvalue weighted by molar-refractivity contribution is -0.118. The lowest BCUT2D eigenvalue weighted by Crippen LogP contribution is -2.20. The van der Waals surface area contributed by atoms with Gasteiger partial charge in [0.1, 0.15) is 11.3 Å². The lowest BCUT2D eigenvalue weighted by Gasteiger charge is -2.09. The van der Waals surface area contributed by atoms with Gasteiger partial charge in [0.25, 0.3) is 5.91 Å². The monoisotopic (exact) mass is 345 g/mol. The molecule has 0 bridgehead atoms. The van der Waals surface area contributed by atoms with Crippen LogP contribution in [0.4, 0.5) is 5.69 Å². The molecule has 0 saturated carbocycles. The van der Waals surface area contributed by atoms with Crippen LogP contribution in [0, 0.1) is 0 Å². The van der Waals surface area contributed by atoms with Crippen molar-refractivity contribution in [2.75, 3.05) is 11.9 Å². The van der Waals surface area contributed by atoms with E-state index in [9.17, 15) is 9.59 Å². The summed E-state index contributed by atoms with van der Waals surface area (Å²) in [5.41, 5.74) is 0.704. The maximum atomic E-state index is 12.1. The van der Waals surface area contributed by atoms with E-state index in [0.717, 1.165) is 16.2 Å². The van der Waals surface area contributed by atoms with Crippen LogP contribution in [0.15, 0.2) is 82.0 Å². The molecule has 0 saturated heterocycles. The van der Waals surface area contributed by atoms with Gasteiger partial charge in [0, 0.05) is 23.2 Å². The minimum atomic E-state index is -0.427. The Kier molecular flexibility index (Phi) is 4.11. The van der Waals surface area contributed by atoms with Crippen molar-refractivity contribution in [2.45, 2.75) is 0 Å². The van der Waals surface area contributed by atoms with Crippen LogP contribution in [0.25, 0.3) is 21.7 Å². The van der Waals surface area contributed by atoms with E-state index in [4.69, 9.17) is 9.15 Å². The highest BCUT2D eigenvalue weighted by Crippen LogP contribution is 2.20. The van der Waals surface area contributed by atoms with E-state index in [-0.39, 0.29) is 12.5 Å². The smallest absolute Gasteiger partial charge is 0.336 e. The number of hydrogen-bond acceptors (Lipinski definition) is 4. The second-order valence-electron chi connectivity index (χ2n) is 5.85. The Balaban J connectivity index is 1.43. The Bertz CT molecular complexity index is 1160. The first-order chi connectivity index (χ1) is 12.7. The van der Waals surface area contributed by atoms with E-state index < -0.39 is 5.63 Å². The van der Waals surface area contributed by atoms with Gasteiger partial charge in [-0.3, -0.25) is 4.79 Å². The van der Waals surface area contributed by atoms with Gasteiger partial charge < -0.3 is 14.5 Å². The fourth-order valence-corrected chi connectivity index (χ4v) is 2.74. The van der Waals surface area contributed by atoms with E-state index in [2.05, 4.69) is 5.32 Å². The molecule has 1 amide bonds. The number of anilines is 1. The summed E-state index contributed by atoms with van der Waals surface area (Å²) in [6, 6.07) is 21.8. The standard InChI is InChI=1S/C21H15NO4/c23-20(22-17-8-5-14-3-1-2-4-16(14)11-17)13-25-18-9-6-15-7-10-21(24)26-19(15)12-18/h1-12H,13H2,(H,22,23). The lowest BCUT2D eigenvalue weighted by atomic mass is 10.1. The normalized spacial score (nSPS) is 10.8.